The van der Waals surface area contributed by atoms with Crippen molar-refractivity contribution in [3.63, 3.8) is 0 Å². The molecule has 84 valence electrons. The van der Waals surface area contributed by atoms with Crippen LogP contribution in [0, 0.1) is 4.51 Å². The summed E-state index contributed by atoms with van der Waals surface area (Å²) in [5, 5.41) is 0.232. The van der Waals surface area contributed by atoms with Crippen LogP contribution in [0.5, 0.6) is 0 Å². The van der Waals surface area contributed by atoms with Gasteiger partial charge in [-0.2, -0.15) is 0 Å². The van der Waals surface area contributed by atoms with E-state index < -0.39 is 10.0 Å². The highest BCUT2D eigenvalue weighted by Gasteiger charge is 2.21. The van der Waals surface area contributed by atoms with E-state index in [-0.39, 0.29) is 14.4 Å². The highest BCUT2D eigenvalue weighted by molar-refractivity contribution is 7.89. The van der Waals surface area contributed by atoms with Gasteiger partial charge < -0.3 is 4.98 Å². The maximum absolute atomic E-state index is 11.9. The highest BCUT2D eigenvalue weighted by atomic mass is 35.5. The van der Waals surface area contributed by atoms with Crippen molar-refractivity contribution in [2.24, 2.45) is 0 Å². The second-order valence-electron chi connectivity index (χ2n) is 2.92. The molecule has 4 nitrogen and oxygen atoms in total. The first kappa shape index (κ1) is 12.6. The second kappa shape index (κ2) is 4.61. The van der Waals surface area contributed by atoms with Gasteiger partial charge in [0.05, 0.1) is 9.53 Å². The average molecular weight is 267 g/mol. The Morgan fingerprint density at radius 3 is 2.67 bits per heavy atom. The van der Waals surface area contributed by atoms with Crippen molar-refractivity contribution in [2.75, 3.05) is 13.6 Å². The van der Waals surface area contributed by atoms with Gasteiger partial charge >= 0.3 is 0 Å². The minimum atomic E-state index is -3.53. The lowest BCUT2D eigenvalue weighted by Crippen LogP contribution is -2.26. The largest absolute Gasteiger partial charge is 0.365 e. The summed E-state index contributed by atoms with van der Waals surface area (Å²) in [6.07, 6.45) is 2.80. The summed E-state index contributed by atoms with van der Waals surface area (Å²) in [6.45, 7) is 2.12. The predicted molar refractivity (Wildman–Crippen MR) is 62.1 cm³/mol. The SMILES string of the molecule is CCN(C)S(=O)(=O)c1c[nH]cc(Cl)c1=S. The standard InChI is InChI=1S/C8H11ClN2O2S2/c1-3-11(2)15(12,13)7-5-10-4-6(9)8(7)14/h4-5H,3H2,1-2H3,(H,10,14). The molecule has 0 spiro atoms. The van der Waals surface area contributed by atoms with Crippen LogP contribution in [-0.2, 0) is 10.0 Å². The molecule has 0 bridgehead atoms. The quantitative estimate of drug-likeness (QED) is 0.852. The monoisotopic (exact) mass is 266 g/mol. The van der Waals surface area contributed by atoms with Crippen LogP contribution in [0.3, 0.4) is 0 Å². The lowest BCUT2D eigenvalue weighted by molar-refractivity contribution is 0.486. The van der Waals surface area contributed by atoms with Gasteiger partial charge in [-0.05, 0) is 0 Å². The van der Waals surface area contributed by atoms with Crippen LogP contribution >= 0.6 is 23.8 Å². The van der Waals surface area contributed by atoms with Crippen LogP contribution in [0.4, 0.5) is 0 Å². The second-order valence-corrected chi connectivity index (χ2v) is 5.74. The number of aromatic nitrogens is 1. The smallest absolute Gasteiger partial charge is 0.245 e. The highest BCUT2D eigenvalue weighted by Crippen LogP contribution is 2.19. The number of hydrogen-bond acceptors (Lipinski definition) is 3. The summed E-state index contributed by atoms with van der Waals surface area (Å²) in [5.41, 5.74) is 0. The molecule has 0 aliphatic heterocycles. The zero-order chi connectivity index (χ0) is 11.6. The van der Waals surface area contributed by atoms with E-state index in [0.717, 1.165) is 0 Å². The van der Waals surface area contributed by atoms with Gasteiger partial charge in [0.1, 0.15) is 4.90 Å². The van der Waals surface area contributed by atoms with E-state index in [9.17, 15) is 8.42 Å². The maximum atomic E-state index is 11.9. The molecule has 1 aromatic heterocycles. The Morgan fingerprint density at radius 2 is 2.13 bits per heavy atom. The first-order chi connectivity index (χ1) is 6.91. The molecule has 1 heterocycles. The number of nitrogens with zero attached hydrogens (tertiary/aromatic N) is 1. The third kappa shape index (κ3) is 2.39. The molecule has 0 atom stereocenters. The molecule has 0 saturated carbocycles. The Hall–Kier alpha value is -0.430. The van der Waals surface area contributed by atoms with Crippen LogP contribution in [0.15, 0.2) is 17.3 Å². The fourth-order valence-electron chi connectivity index (χ4n) is 0.969. The molecular formula is C8H11ClN2O2S2. The van der Waals surface area contributed by atoms with Gasteiger partial charge in [-0.1, -0.05) is 30.7 Å². The minimum Gasteiger partial charge on any atom is -0.365 e. The zero-order valence-electron chi connectivity index (χ0n) is 8.32. The molecule has 0 aromatic carbocycles. The Bertz CT molecular complexity index is 510. The molecule has 7 heteroatoms. The summed E-state index contributed by atoms with van der Waals surface area (Å²) in [5.74, 6) is 0. The van der Waals surface area contributed by atoms with Crippen molar-refractivity contribution in [3.05, 3.63) is 21.9 Å². The molecule has 0 aliphatic carbocycles. The third-order valence-corrected chi connectivity index (χ3v) is 4.93. The molecule has 0 fully saturated rings. The lowest BCUT2D eigenvalue weighted by Gasteiger charge is -2.14. The number of halogens is 1. The van der Waals surface area contributed by atoms with Gasteiger partial charge in [0.2, 0.25) is 10.0 Å². The van der Waals surface area contributed by atoms with Gasteiger partial charge in [-0.15, -0.1) is 0 Å². The van der Waals surface area contributed by atoms with Crippen molar-refractivity contribution in [3.8, 4) is 0 Å². The van der Waals surface area contributed by atoms with Gasteiger partial charge in [0.25, 0.3) is 0 Å². The normalized spacial score (nSPS) is 12.0. The van der Waals surface area contributed by atoms with Crippen molar-refractivity contribution in [1.82, 2.24) is 9.29 Å². The zero-order valence-corrected chi connectivity index (χ0v) is 10.7. The Balaban J connectivity index is 3.41. The molecule has 0 amide bonds. The van der Waals surface area contributed by atoms with Crippen molar-refractivity contribution < 1.29 is 8.42 Å². The van der Waals surface area contributed by atoms with E-state index in [2.05, 4.69) is 4.98 Å². The van der Waals surface area contributed by atoms with E-state index in [1.807, 2.05) is 0 Å². The van der Waals surface area contributed by atoms with Crippen LogP contribution < -0.4 is 0 Å². The van der Waals surface area contributed by atoms with E-state index in [1.54, 1.807) is 6.92 Å². The molecule has 0 aliphatic rings. The van der Waals surface area contributed by atoms with Crippen LogP contribution in [-0.4, -0.2) is 31.3 Å². The van der Waals surface area contributed by atoms with Crippen molar-refractivity contribution >= 4 is 33.8 Å². The summed E-state index contributed by atoms with van der Waals surface area (Å²) in [4.78, 5) is 2.69. The topological polar surface area (TPSA) is 53.2 Å². The predicted octanol–water partition coefficient (Wildman–Crippen LogP) is 2.04. The molecule has 1 rings (SSSR count). The van der Waals surface area contributed by atoms with E-state index in [1.165, 1.54) is 23.7 Å². The molecule has 0 saturated heterocycles. The fraction of sp³-hybridized carbons (Fsp3) is 0.375. The van der Waals surface area contributed by atoms with Gasteiger partial charge in [-0.3, -0.25) is 0 Å². The number of aromatic amines is 1. The number of nitrogens with one attached hydrogen (secondary N) is 1. The minimum absolute atomic E-state index is 0.0364. The Labute approximate surface area is 98.9 Å². The number of rotatable bonds is 3. The average Bonchev–Trinajstić information content (AvgIpc) is 2.20. The number of H-pyrrole nitrogens is 1. The summed E-state index contributed by atoms with van der Waals surface area (Å²) >= 11 is 10.7. The van der Waals surface area contributed by atoms with Crippen molar-refractivity contribution in [2.45, 2.75) is 11.8 Å². The van der Waals surface area contributed by atoms with E-state index in [4.69, 9.17) is 23.8 Å². The van der Waals surface area contributed by atoms with Crippen molar-refractivity contribution in [1.29, 1.82) is 0 Å². The fourth-order valence-corrected chi connectivity index (χ4v) is 2.86. The van der Waals surface area contributed by atoms with E-state index in [0.29, 0.717) is 6.54 Å². The molecule has 0 radical (unpaired) electrons. The Morgan fingerprint density at radius 1 is 1.53 bits per heavy atom. The van der Waals surface area contributed by atoms with Crippen LogP contribution in [0.1, 0.15) is 6.92 Å². The van der Waals surface area contributed by atoms with Gasteiger partial charge in [0.15, 0.2) is 0 Å². The van der Waals surface area contributed by atoms with Gasteiger partial charge in [0, 0.05) is 26.0 Å². The van der Waals surface area contributed by atoms with Gasteiger partial charge in [-0.25, -0.2) is 12.7 Å². The van der Waals surface area contributed by atoms with Crippen LogP contribution in [0.25, 0.3) is 0 Å². The molecular weight excluding hydrogens is 256 g/mol. The summed E-state index contributed by atoms with van der Waals surface area (Å²) in [6, 6.07) is 0. The van der Waals surface area contributed by atoms with Crippen LogP contribution in [0.2, 0.25) is 5.02 Å². The first-order valence-corrected chi connectivity index (χ1v) is 6.46. The number of sulfonamides is 1. The third-order valence-electron chi connectivity index (χ3n) is 2.00. The maximum Gasteiger partial charge on any atom is 0.245 e. The molecule has 1 N–H and O–H groups in total. The Kier molecular flexibility index (Phi) is 3.88. The molecule has 1 aromatic rings. The number of pyridine rings is 1. The first-order valence-electron chi connectivity index (χ1n) is 4.24. The molecule has 0 unspecified atom stereocenters. The summed E-state index contributed by atoms with van der Waals surface area (Å²) in [7, 11) is -2.04. The number of hydrogen-bond donors (Lipinski definition) is 1. The summed E-state index contributed by atoms with van der Waals surface area (Å²) < 4.78 is 25.2. The van der Waals surface area contributed by atoms with E-state index >= 15 is 0 Å². The lowest BCUT2D eigenvalue weighted by atomic mass is 10.5. The molecule has 15 heavy (non-hydrogen) atoms.